The van der Waals surface area contributed by atoms with E-state index in [1.165, 1.54) is 58.0 Å². The van der Waals surface area contributed by atoms with Gasteiger partial charge in [0.15, 0.2) is 0 Å². The van der Waals surface area contributed by atoms with Crippen molar-refractivity contribution in [3.8, 4) is 0 Å². The van der Waals surface area contributed by atoms with Crippen LogP contribution in [0.15, 0.2) is 12.2 Å². The summed E-state index contributed by atoms with van der Waals surface area (Å²) < 4.78 is 0. The van der Waals surface area contributed by atoms with Crippen LogP contribution >= 0.6 is 0 Å². The summed E-state index contributed by atoms with van der Waals surface area (Å²) in [5, 5.41) is 3.28. The van der Waals surface area contributed by atoms with Crippen LogP contribution < -0.4 is 5.32 Å². The Morgan fingerprint density at radius 2 is 1.70 bits per heavy atom. The van der Waals surface area contributed by atoms with Gasteiger partial charge in [-0.1, -0.05) is 31.4 Å². The van der Waals surface area contributed by atoms with Crippen molar-refractivity contribution in [2.75, 3.05) is 19.6 Å². The van der Waals surface area contributed by atoms with E-state index in [0.29, 0.717) is 0 Å². The fraction of sp³-hybridized carbons (Fsp3) is 0.824. The number of carbonyl (C=O) groups excluding carboxylic acids is 1. The summed E-state index contributed by atoms with van der Waals surface area (Å²) in [7, 11) is 0. The summed E-state index contributed by atoms with van der Waals surface area (Å²) in [5.74, 6) is 0.480. The third-order valence-electron chi connectivity index (χ3n) is 5.53. The third kappa shape index (κ3) is 2.93. The molecule has 0 radical (unpaired) electrons. The summed E-state index contributed by atoms with van der Waals surface area (Å²) in [6, 6.07) is 0. The number of hydrogen-bond donors (Lipinski definition) is 1. The van der Waals surface area contributed by atoms with E-state index in [2.05, 4.69) is 22.4 Å². The van der Waals surface area contributed by atoms with Crippen LogP contribution in [0.2, 0.25) is 0 Å². The van der Waals surface area contributed by atoms with Crippen LogP contribution in [0.3, 0.4) is 0 Å². The number of hydrogen-bond acceptors (Lipinski definition) is 2. The molecule has 1 aliphatic heterocycles. The van der Waals surface area contributed by atoms with Crippen LogP contribution in [-0.2, 0) is 4.79 Å². The van der Waals surface area contributed by atoms with Crippen molar-refractivity contribution < 1.29 is 4.79 Å². The molecule has 3 nitrogen and oxygen atoms in total. The smallest absolute Gasteiger partial charge is 0.223 e. The fourth-order valence-corrected chi connectivity index (χ4v) is 4.23. The molecule has 3 heteroatoms. The van der Waals surface area contributed by atoms with Gasteiger partial charge in [-0.15, -0.1) is 0 Å². The maximum absolute atomic E-state index is 12.3. The Morgan fingerprint density at radius 3 is 2.35 bits per heavy atom. The first-order valence-electron chi connectivity index (χ1n) is 8.48. The van der Waals surface area contributed by atoms with Crippen molar-refractivity contribution in [2.24, 2.45) is 5.92 Å². The molecular weight excluding hydrogens is 248 g/mol. The number of nitrogens with one attached hydrogen (secondary N) is 1. The van der Waals surface area contributed by atoms with E-state index in [4.69, 9.17) is 0 Å². The number of likely N-dealkylation sites (tertiary alicyclic amines) is 1. The van der Waals surface area contributed by atoms with Crippen molar-refractivity contribution in [3.63, 3.8) is 0 Å². The molecule has 1 amide bonds. The maximum Gasteiger partial charge on any atom is 0.223 e. The first-order valence-corrected chi connectivity index (χ1v) is 8.48. The number of rotatable bonds is 4. The van der Waals surface area contributed by atoms with E-state index in [0.717, 1.165) is 19.4 Å². The number of carbonyl (C=O) groups is 1. The van der Waals surface area contributed by atoms with E-state index in [1.54, 1.807) is 0 Å². The van der Waals surface area contributed by atoms with E-state index in [-0.39, 0.29) is 17.4 Å². The molecule has 0 atom stereocenters. The van der Waals surface area contributed by atoms with Crippen molar-refractivity contribution in [1.82, 2.24) is 10.2 Å². The van der Waals surface area contributed by atoms with Gasteiger partial charge in [0.25, 0.3) is 0 Å². The highest BCUT2D eigenvalue weighted by Gasteiger charge is 2.40. The molecule has 3 aliphatic rings. The SMILES string of the molecule is O=C(NCC1(N2CCCCC2)CCCC1)C1CC=CC1. The lowest BCUT2D eigenvalue weighted by molar-refractivity contribution is -0.125. The zero-order valence-electron chi connectivity index (χ0n) is 12.6. The van der Waals surface area contributed by atoms with Crippen LogP contribution in [0, 0.1) is 5.92 Å². The van der Waals surface area contributed by atoms with Gasteiger partial charge in [-0.25, -0.2) is 0 Å². The van der Waals surface area contributed by atoms with E-state index < -0.39 is 0 Å². The normalized spacial score (nSPS) is 27.0. The summed E-state index contributed by atoms with van der Waals surface area (Å²) in [6.07, 6.45) is 15.4. The van der Waals surface area contributed by atoms with Crippen molar-refractivity contribution in [2.45, 2.75) is 63.3 Å². The van der Waals surface area contributed by atoms with Crippen molar-refractivity contribution in [3.05, 3.63) is 12.2 Å². The average Bonchev–Trinajstić information content (AvgIpc) is 3.18. The van der Waals surface area contributed by atoms with Crippen LogP contribution in [0.5, 0.6) is 0 Å². The van der Waals surface area contributed by atoms with E-state index in [1.807, 2.05) is 0 Å². The Balaban J connectivity index is 1.57. The summed E-state index contributed by atoms with van der Waals surface area (Å²) >= 11 is 0. The molecule has 0 aromatic carbocycles. The molecule has 112 valence electrons. The average molecular weight is 276 g/mol. The minimum atomic E-state index is 0.204. The molecule has 1 saturated carbocycles. The zero-order chi connectivity index (χ0) is 13.8. The Morgan fingerprint density at radius 1 is 1.05 bits per heavy atom. The largest absolute Gasteiger partial charge is 0.354 e. The zero-order valence-corrected chi connectivity index (χ0v) is 12.6. The highest BCUT2D eigenvalue weighted by atomic mass is 16.1. The fourth-order valence-electron chi connectivity index (χ4n) is 4.23. The Bertz CT molecular complexity index is 357. The van der Waals surface area contributed by atoms with Crippen LogP contribution in [0.1, 0.15) is 57.8 Å². The second-order valence-corrected chi connectivity index (χ2v) is 6.84. The first-order chi connectivity index (χ1) is 9.80. The van der Waals surface area contributed by atoms with Crippen molar-refractivity contribution >= 4 is 5.91 Å². The van der Waals surface area contributed by atoms with Crippen molar-refractivity contribution in [1.29, 1.82) is 0 Å². The van der Waals surface area contributed by atoms with Gasteiger partial charge in [0.05, 0.1) is 0 Å². The van der Waals surface area contributed by atoms with Crippen LogP contribution in [-0.4, -0.2) is 36.0 Å². The molecule has 3 rings (SSSR count). The summed E-state index contributed by atoms with van der Waals surface area (Å²) in [4.78, 5) is 14.9. The highest BCUT2D eigenvalue weighted by Crippen LogP contribution is 2.36. The Kier molecular flexibility index (Phi) is 4.45. The van der Waals surface area contributed by atoms with Gasteiger partial charge in [-0.3, -0.25) is 9.69 Å². The second-order valence-electron chi connectivity index (χ2n) is 6.84. The third-order valence-corrected chi connectivity index (χ3v) is 5.53. The van der Waals surface area contributed by atoms with Gasteiger partial charge in [0.2, 0.25) is 5.91 Å². The molecule has 0 bridgehead atoms. The predicted octanol–water partition coefficient (Wildman–Crippen LogP) is 2.87. The van der Waals surface area contributed by atoms with Gasteiger partial charge in [0.1, 0.15) is 0 Å². The number of allylic oxidation sites excluding steroid dienone is 2. The minimum Gasteiger partial charge on any atom is -0.354 e. The molecule has 2 aliphatic carbocycles. The standard InChI is InChI=1S/C17H28N2O/c20-16(15-8-2-3-9-15)18-14-17(10-4-5-11-17)19-12-6-1-7-13-19/h2-3,15H,1,4-14H2,(H,18,20). The van der Waals surface area contributed by atoms with Gasteiger partial charge in [-0.2, -0.15) is 0 Å². The molecule has 1 heterocycles. The molecule has 0 unspecified atom stereocenters. The number of piperidine rings is 1. The minimum absolute atomic E-state index is 0.204. The number of amides is 1. The molecule has 0 aromatic heterocycles. The maximum atomic E-state index is 12.3. The predicted molar refractivity (Wildman–Crippen MR) is 81.5 cm³/mol. The molecule has 20 heavy (non-hydrogen) atoms. The highest BCUT2D eigenvalue weighted by molar-refractivity contribution is 5.79. The van der Waals surface area contributed by atoms with Gasteiger partial charge >= 0.3 is 0 Å². The summed E-state index contributed by atoms with van der Waals surface area (Å²) in [5.41, 5.74) is 0.280. The second kappa shape index (κ2) is 6.30. The quantitative estimate of drug-likeness (QED) is 0.801. The molecule has 2 fully saturated rings. The van der Waals surface area contributed by atoms with E-state index in [9.17, 15) is 4.79 Å². The Hall–Kier alpha value is -0.830. The molecule has 0 spiro atoms. The van der Waals surface area contributed by atoms with E-state index >= 15 is 0 Å². The van der Waals surface area contributed by atoms with Gasteiger partial charge in [-0.05, 0) is 51.6 Å². The van der Waals surface area contributed by atoms with Gasteiger partial charge in [0, 0.05) is 18.0 Å². The molecule has 0 aromatic rings. The molecule has 1 N–H and O–H groups in total. The van der Waals surface area contributed by atoms with Gasteiger partial charge < -0.3 is 5.32 Å². The monoisotopic (exact) mass is 276 g/mol. The lowest BCUT2D eigenvalue weighted by atomic mass is 9.91. The molecule has 1 saturated heterocycles. The van der Waals surface area contributed by atoms with Crippen LogP contribution in [0.4, 0.5) is 0 Å². The first kappa shape index (κ1) is 14.1. The number of nitrogens with zero attached hydrogens (tertiary/aromatic N) is 1. The Labute approximate surface area is 122 Å². The summed E-state index contributed by atoms with van der Waals surface area (Å²) in [6.45, 7) is 3.35. The van der Waals surface area contributed by atoms with Crippen LogP contribution in [0.25, 0.3) is 0 Å². The lowest BCUT2D eigenvalue weighted by Crippen LogP contribution is -2.56. The topological polar surface area (TPSA) is 32.3 Å². The lowest BCUT2D eigenvalue weighted by Gasteiger charge is -2.44. The molecular formula is C17H28N2O.